The summed E-state index contributed by atoms with van der Waals surface area (Å²) in [6, 6.07) is 12.3. The van der Waals surface area contributed by atoms with Crippen molar-refractivity contribution in [2.45, 2.75) is 44.3 Å². The van der Waals surface area contributed by atoms with Gasteiger partial charge in [-0.05, 0) is 37.1 Å². The fraction of sp³-hybridized carbons (Fsp3) is 0.348. The summed E-state index contributed by atoms with van der Waals surface area (Å²) in [4.78, 5) is 29.8. The maximum Gasteiger partial charge on any atom is 0.417 e. The van der Waals surface area contributed by atoms with Gasteiger partial charge in [-0.25, -0.2) is 4.98 Å². The molecule has 33 heavy (non-hydrogen) atoms. The van der Waals surface area contributed by atoms with E-state index in [0.717, 1.165) is 28.9 Å². The molecule has 0 unspecified atom stereocenters. The van der Waals surface area contributed by atoms with Gasteiger partial charge in [-0.2, -0.15) is 13.2 Å². The zero-order valence-corrected chi connectivity index (χ0v) is 18.4. The van der Waals surface area contributed by atoms with Crippen LogP contribution in [0.4, 0.5) is 13.2 Å². The van der Waals surface area contributed by atoms with Crippen LogP contribution in [-0.2, 0) is 28.9 Å². The van der Waals surface area contributed by atoms with Crippen molar-refractivity contribution in [3.05, 3.63) is 76.3 Å². The molecule has 1 saturated heterocycles. The molecule has 4 rings (SSSR count). The third-order valence-corrected chi connectivity index (χ3v) is 5.54. The predicted octanol–water partition coefficient (Wildman–Crippen LogP) is 3.74. The number of carbonyl (C=O) groups is 1. The fourth-order valence-corrected chi connectivity index (χ4v) is 3.95. The molecule has 1 aromatic heterocycles. The minimum Gasteiger partial charge on any atom is -0.371 e. The molecule has 1 N–H and O–H groups in total. The van der Waals surface area contributed by atoms with Crippen LogP contribution in [0.1, 0.15) is 24.0 Å². The van der Waals surface area contributed by atoms with Gasteiger partial charge >= 0.3 is 6.18 Å². The van der Waals surface area contributed by atoms with Crippen molar-refractivity contribution in [3.63, 3.8) is 0 Å². The Kier molecular flexibility index (Phi) is 7.88. The van der Waals surface area contributed by atoms with Crippen molar-refractivity contribution in [1.29, 1.82) is 0 Å². The Balaban J connectivity index is 0.00000306. The number of rotatable bonds is 6. The third-order valence-electron chi connectivity index (χ3n) is 5.54. The maximum atomic E-state index is 13.4. The number of piperidine rings is 1. The highest BCUT2D eigenvalue weighted by atomic mass is 35.5. The van der Waals surface area contributed by atoms with Crippen LogP contribution in [0.15, 0.2) is 59.7 Å². The molecule has 176 valence electrons. The molecule has 0 spiro atoms. The maximum absolute atomic E-state index is 13.4. The molecule has 2 heterocycles. The first-order valence-corrected chi connectivity index (χ1v) is 10.3. The lowest BCUT2D eigenvalue weighted by atomic mass is 9.97. The second-order valence-electron chi connectivity index (χ2n) is 7.75. The summed E-state index contributed by atoms with van der Waals surface area (Å²) in [5.74, 6) is -0.337. The van der Waals surface area contributed by atoms with Crippen molar-refractivity contribution in [1.82, 2.24) is 14.9 Å². The summed E-state index contributed by atoms with van der Waals surface area (Å²) < 4.78 is 47.1. The van der Waals surface area contributed by atoms with Crippen LogP contribution < -0.4 is 10.9 Å². The Morgan fingerprint density at radius 2 is 1.91 bits per heavy atom. The van der Waals surface area contributed by atoms with E-state index in [9.17, 15) is 22.8 Å². The Bertz CT molecular complexity index is 1170. The molecule has 0 aliphatic carbocycles. The highest BCUT2D eigenvalue weighted by Gasteiger charge is 2.35. The highest BCUT2D eigenvalue weighted by molar-refractivity contribution is 5.86. The number of aromatic nitrogens is 2. The van der Waals surface area contributed by atoms with Gasteiger partial charge < -0.3 is 10.1 Å². The van der Waals surface area contributed by atoms with Crippen molar-refractivity contribution >= 4 is 29.1 Å². The average molecular weight is 482 g/mol. The Morgan fingerprint density at radius 3 is 2.64 bits per heavy atom. The van der Waals surface area contributed by atoms with Gasteiger partial charge in [0.1, 0.15) is 0 Å². The lowest BCUT2D eigenvalue weighted by molar-refractivity contribution is -0.136. The molecule has 2 aromatic carbocycles. The standard InChI is InChI=1S/C23H22F3N3O3.ClH/c24-23(25,26)16-8-4-9-17-20(16)22(31)29(14-28-17)12-18(30)21-19(10-5-11-27-21)32-13-15-6-2-1-3-7-15;/h1-4,6-9,14,19,21,27H,5,10-13H2;1H/t19-,21+;/m0./s1. The molecule has 0 radical (unpaired) electrons. The molecule has 6 nitrogen and oxygen atoms in total. The Labute approximate surface area is 194 Å². The third kappa shape index (κ3) is 5.61. The van der Waals surface area contributed by atoms with Gasteiger partial charge in [0.15, 0.2) is 5.78 Å². The van der Waals surface area contributed by atoms with Gasteiger partial charge in [-0.3, -0.25) is 14.2 Å². The summed E-state index contributed by atoms with van der Waals surface area (Å²) >= 11 is 0. The topological polar surface area (TPSA) is 73.2 Å². The van der Waals surface area contributed by atoms with Gasteiger partial charge in [0, 0.05) is 0 Å². The molecule has 2 atom stereocenters. The summed E-state index contributed by atoms with van der Waals surface area (Å²) in [6.07, 6.45) is -2.49. The lowest BCUT2D eigenvalue weighted by Crippen LogP contribution is -2.52. The number of nitrogens with one attached hydrogen (secondary N) is 1. The van der Waals surface area contributed by atoms with E-state index >= 15 is 0 Å². The van der Waals surface area contributed by atoms with E-state index in [1.165, 1.54) is 12.1 Å². The summed E-state index contributed by atoms with van der Waals surface area (Å²) in [7, 11) is 0. The van der Waals surface area contributed by atoms with E-state index in [1.54, 1.807) is 0 Å². The van der Waals surface area contributed by atoms with E-state index in [4.69, 9.17) is 4.74 Å². The smallest absolute Gasteiger partial charge is 0.371 e. The second-order valence-corrected chi connectivity index (χ2v) is 7.75. The van der Waals surface area contributed by atoms with Crippen LogP contribution in [0.3, 0.4) is 0 Å². The van der Waals surface area contributed by atoms with Gasteiger partial charge in [0.05, 0.1) is 48.1 Å². The van der Waals surface area contributed by atoms with Gasteiger partial charge in [-0.1, -0.05) is 36.4 Å². The van der Waals surface area contributed by atoms with E-state index in [2.05, 4.69) is 10.3 Å². The van der Waals surface area contributed by atoms with E-state index < -0.39 is 41.4 Å². The molecular formula is C23H23ClF3N3O3. The first kappa shape index (κ1) is 24.9. The summed E-state index contributed by atoms with van der Waals surface area (Å²) in [5, 5.41) is 2.59. The van der Waals surface area contributed by atoms with Crippen LogP contribution in [0.5, 0.6) is 0 Å². The SMILES string of the molecule is Cl.O=C(Cn1cnc2cccc(C(F)(F)F)c2c1=O)[C@H]1NCCC[C@@H]1OCc1ccccc1. The number of nitrogens with zero attached hydrogens (tertiary/aromatic N) is 2. The number of alkyl halides is 3. The zero-order valence-electron chi connectivity index (χ0n) is 17.5. The van der Waals surface area contributed by atoms with Crippen molar-refractivity contribution in [3.8, 4) is 0 Å². The van der Waals surface area contributed by atoms with E-state index in [0.29, 0.717) is 19.6 Å². The van der Waals surface area contributed by atoms with Crippen LogP contribution in [0.2, 0.25) is 0 Å². The molecule has 0 bridgehead atoms. The van der Waals surface area contributed by atoms with Gasteiger partial charge in [-0.15, -0.1) is 12.4 Å². The van der Waals surface area contributed by atoms with E-state index in [-0.39, 0.29) is 23.7 Å². The van der Waals surface area contributed by atoms with E-state index in [1.807, 2.05) is 30.3 Å². The molecular weight excluding hydrogens is 459 g/mol. The van der Waals surface area contributed by atoms with Gasteiger partial charge in [0.25, 0.3) is 5.56 Å². The number of hydrogen-bond acceptors (Lipinski definition) is 5. The first-order chi connectivity index (χ1) is 15.3. The number of hydrogen-bond donors (Lipinski definition) is 1. The minimum atomic E-state index is -4.70. The molecule has 10 heteroatoms. The van der Waals surface area contributed by atoms with Crippen LogP contribution in [0.25, 0.3) is 10.9 Å². The van der Waals surface area contributed by atoms with Crippen molar-refractivity contribution in [2.75, 3.05) is 6.54 Å². The number of carbonyl (C=O) groups excluding carboxylic acids is 1. The molecule has 1 aliphatic rings. The zero-order chi connectivity index (χ0) is 22.7. The molecule has 0 saturated carbocycles. The number of ether oxygens (including phenoxy) is 1. The highest BCUT2D eigenvalue weighted by Crippen LogP contribution is 2.32. The normalized spacial score (nSPS) is 18.6. The number of benzene rings is 2. The number of fused-ring (bicyclic) bond motifs is 1. The Hall–Kier alpha value is -2.75. The van der Waals surface area contributed by atoms with Crippen molar-refractivity contribution < 1.29 is 22.7 Å². The monoisotopic (exact) mass is 481 g/mol. The molecule has 1 aliphatic heterocycles. The average Bonchev–Trinajstić information content (AvgIpc) is 2.79. The largest absolute Gasteiger partial charge is 0.417 e. The fourth-order valence-electron chi connectivity index (χ4n) is 3.95. The number of ketones is 1. The Morgan fingerprint density at radius 1 is 1.15 bits per heavy atom. The van der Waals surface area contributed by atoms with Crippen LogP contribution >= 0.6 is 12.4 Å². The molecule has 0 amide bonds. The molecule has 1 fully saturated rings. The van der Waals surface area contributed by atoms with Crippen LogP contribution in [-0.4, -0.2) is 34.0 Å². The summed E-state index contributed by atoms with van der Waals surface area (Å²) in [5.41, 5.74) is -1.05. The first-order valence-electron chi connectivity index (χ1n) is 10.3. The minimum absolute atomic E-state index is 0. The second kappa shape index (κ2) is 10.5. The van der Waals surface area contributed by atoms with Crippen molar-refractivity contribution in [2.24, 2.45) is 0 Å². The molecule has 3 aromatic rings. The predicted molar refractivity (Wildman–Crippen MR) is 119 cm³/mol. The lowest BCUT2D eigenvalue weighted by Gasteiger charge is -2.31. The summed E-state index contributed by atoms with van der Waals surface area (Å²) in [6.45, 7) is 0.560. The number of Topliss-reactive ketones (excluding diaryl/α,β-unsaturated/α-hetero) is 1. The quantitative estimate of drug-likeness (QED) is 0.580. The van der Waals surface area contributed by atoms with Crippen LogP contribution in [0, 0.1) is 0 Å². The number of halogens is 4. The van der Waals surface area contributed by atoms with Gasteiger partial charge in [0.2, 0.25) is 0 Å².